The first-order chi connectivity index (χ1) is 10.1. The average molecular weight is 305 g/mol. The summed E-state index contributed by atoms with van der Waals surface area (Å²) in [6, 6.07) is 6.97. The Hall–Kier alpha value is -1.88. The summed E-state index contributed by atoms with van der Waals surface area (Å²) in [6.45, 7) is 5.09. The molecule has 112 valence electrons. The van der Waals surface area contributed by atoms with E-state index in [2.05, 4.69) is 18.8 Å². The molecule has 0 aliphatic rings. The van der Waals surface area contributed by atoms with E-state index in [9.17, 15) is 4.79 Å². The van der Waals surface area contributed by atoms with Gasteiger partial charge in [-0.1, -0.05) is 13.8 Å². The molecule has 0 aliphatic heterocycles. The standard InChI is InChI=1S/C16H19NO3S/c1-12(2)7-8-19-16(18)13-3-5-15(6-4-13)20-9-14-10-21-11-17-14/h3-6,10-12H,7-9H2,1-2H3. The lowest BCUT2D eigenvalue weighted by Crippen LogP contribution is -2.08. The Balaban J connectivity index is 1.82. The van der Waals surface area contributed by atoms with Crippen molar-refractivity contribution in [2.24, 2.45) is 5.92 Å². The van der Waals surface area contributed by atoms with Crippen LogP contribution in [0, 0.1) is 5.92 Å². The van der Waals surface area contributed by atoms with Gasteiger partial charge in [-0.3, -0.25) is 0 Å². The van der Waals surface area contributed by atoms with Crippen LogP contribution in [0.15, 0.2) is 35.2 Å². The summed E-state index contributed by atoms with van der Waals surface area (Å²) in [6.07, 6.45) is 0.876. The second-order valence-electron chi connectivity index (χ2n) is 5.11. The van der Waals surface area contributed by atoms with Gasteiger partial charge in [-0.25, -0.2) is 9.78 Å². The highest BCUT2D eigenvalue weighted by molar-refractivity contribution is 7.07. The van der Waals surface area contributed by atoms with Crippen molar-refractivity contribution in [2.75, 3.05) is 6.61 Å². The van der Waals surface area contributed by atoms with Crippen molar-refractivity contribution >= 4 is 17.3 Å². The van der Waals surface area contributed by atoms with E-state index in [1.165, 1.54) is 11.3 Å². The highest BCUT2D eigenvalue weighted by Gasteiger charge is 2.07. The number of nitrogens with zero attached hydrogens (tertiary/aromatic N) is 1. The zero-order chi connectivity index (χ0) is 15.1. The molecule has 0 fully saturated rings. The first-order valence-corrected chi connectivity index (χ1v) is 7.86. The SMILES string of the molecule is CC(C)CCOC(=O)c1ccc(OCc2cscn2)cc1. The molecular formula is C16H19NO3S. The third-order valence-electron chi connectivity index (χ3n) is 2.89. The van der Waals surface area contributed by atoms with Gasteiger partial charge in [0.05, 0.1) is 23.4 Å². The van der Waals surface area contributed by atoms with Crippen molar-refractivity contribution in [2.45, 2.75) is 26.9 Å². The maximum atomic E-state index is 11.8. The van der Waals surface area contributed by atoms with Crippen LogP contribution in [0.25, 0.3) is 0 Å². The first kappa shape index (κ1) is 15.5. The Morgan fingerprint density at radius 1 is 1.29 bits per heavy atom. The van der Waals surface area contributed by atoms with Gasteiger partial charge in [0.25, 0.3) is 0 Å². The van der Waals surface area contributed by atoms with Crippen molar-refractivity contribution < 1.29 is 14.3 Å². The molecule has 1 heterocycles. The summed E-state index contributed by atoms with van der Waals surface area (Å²) in [5.74, 6) is 0.947. The quantitative estimate of drug-likeness (QED) is 0.727. The van der Waals surface area contributed by atoms with Crippen molar-refractivity contribution in [3.63, 3.8) is 0 Å². The minimum Gasteiger partial charge on any atom is -0.487 e. The van der Waals surface area contributed by atoms with E-state index in [4.69, 9.17) is 9.47 Å². The fraction of sp³-hybridized carbons (Fsp3) is 0.375. The minimum atomic E-state index is -0.290. The van der Waals surface area contributed by atoms with Crippen LogP contribution in [0.5, 0.6) is 5.75 Å². The van der Waals surface area contributed by atoms with Gasteiger partial charge in [0, 0.05) is 5.38 Å². The minimum absolute atomic E-state index is 0.290. The van der Waals surface area contributed by atoms with Crippen LogP contribution < -0.4 is 4.74 Å². The molecule has 0 N–H and O–H groups in total. The molecule has 5 heteroatoms. The fourth-order valence-corrected chi connectivity index (χ4v) is 2.17. The topological polar surface area (TPSA) is 48.4 Å². The largest absolute Gasteiger partial charge is 0.487 e. The van der Waals surface area contributed by atoms with Gasteiger partial charge in [0.15, 0.2) is 0 Å². The zero-order valence-electron chi connectivity index (χ0n) is 12.2. The number of carbonyl (C=O) groups excluding carboxylic acids is 1. The van der Waals surface area contributed by atoms with E-state index >= 15 is 0 Å². The molecule has 2 rings (SSSR count). The third kappa shape index (κ3) is 5.19. The molecule has 2 aromatic rings. The highest BCUT2D eigenvalue weighted by atomic mass is 32.1. The van der Waals surface area contributed by atoms with E-state index < -0.39 is 0 Å². The van der Waals surface area contributed by atoms with Crippen LogP contribution in [0.3, 0.4) is 0 Å². The molecule has 0 spiro atoms. The highest BCUT2D eigenvalue weighted by Crippen LogP contribution is 2.15. The number of rotatable bonds is 7. The fourth-order valence-electron chi connectivity index (χ4n) is 1.62. The number of benzene rings is 1. The second-order valence-corrected chi connectivity index (χ2v) is 5.83. The molecule has 1 aromatic heterocycles. The maximum absolute atomic E-state index is 11.8. The molecule has 21 heavy (non-hydrogen) atoms. The Labute approximate surface area is 128 Å². The van der Waals surface area contributed by atoms with Gasteiger partial charge in [-0.05, 0) is 36.6 Å². The first-order valence-electron chi connectivity index (χ1n) is 6.92. The van der Waals surface area contributed by atoms with Gasteiger partial charge in [-0.2, -0.15) is 0 Å². The maximum Gasteiger partial charge on any atom is 0.338 e. The van der Waals surface area contributed by atoms with Crippen LogP contribution in [0.2, 0.25) is 0 Å². The van der Waals surface area contributed by atoms with E-state index in [0.717, 1.165) is 12.1 Å². The Bertz CT molecular complexity index is 549. The van der Waals surface area contributed by atoms with Crippen molar-refractivity contribution in [1.29, 1.82) is 0 Å². The number of hydrogen-bond donors (Lipinski definition) is 0. The van der Waals surface area contributed by atoms with Crippen LogP contribution in [-0.4, -0.2) is 17.6 Å². The third-order valence-corrected chi connectivity index (χ3v) is 3.52. The zero-order valence-corrected chi connectivity index (χ0v) is 13.1. The summed E-state index contributed by atoms with van der Waals surface area (Å²) in [5, 5.41) is 1.94. The molecule has 0 aliphatic carbocycles. The van der Waals surface area contributed by atoms with Crippen molar-refractivity contribution in [3.05, 3.63) is 46.4 Å². The molecule has 0 atom stereocenters. The molecule has 0 bridgehead atoms. The van der Waals surface area contributed by atoms with E-state index in [-0.39, 0.29) is 5.97 Å². The summed E-state index contributed by atoms with van der Waals surface area (Å²) in [7, 11) is 0. The molecule has 0 saturated carbocycles. The predicted octanol–water partition coefficient (Wildman–Crippen LogP) is 3.93. The summed E-state index contributed by atoms with van der Waals surface area (Å²) in [5.41, 5.74) is 3.21. The molecule has 0 saturated heterocycles. The Kier molecular flexibility index (Phi) is 5.75. The monoisotopic (exact) mass is 305 g/mol. The van der Waals surface area contributed by atoms with Gasteiger partial charge in [0.1, 0.15) is 12.4 Å². The van der Waals surface area contributed by atoms with Crippen molar-refractivity contribution in [3.8, 4) is 5.75 Å². The van der Waals surface area contributed by atoms with Crippen molar-refractivity contribution in [1.82, 2.24) is 4.98 Å². The molecule has 1 aromatic carbocycles. The van der Waals surface area contributed by atoms with Gasteiger partial charge < -0.3 is 9.47 Å². The van der Waals surface area contributed by atoms with E-state index in [1.54, 1.807) is 29.8 Å². The van der Waals surface area contributed by atoms with Crippen LogP contribution in [0.4, 0.5) is 0 Å². The normalized spacial score (nSPS) is 10.6. The van der Waals surface area contributed by atoms with Crippen LogP contribution in [0.1, 0.15) is 36.3 Å². The summed E-state index contributed by atoms with van der Waals surface area (Å²) < 4.78 is 10.8. The molecule has 0 amide bonds. The Morgan fingerprint density at radius 2 is 2.05 bits per heavy atom. The number of esters is 1. The number of carbonyl (C=O) groups is 1. The van der Waals surface area contributed by atoms with E-state index in [0.29, 0.717) is 30.4 Å². The van der Waals surface area contributed by atoms with Gasteiger partial charge in [0.2, 0.25) is 0 Å². The van der Waals surface area contributed by atoms with E-state index in [1.807, 2.05) is 5.38 Å². The smallest absolute Gasteiger partial charge is 0.338 e. The molecule has 0 radical (unpaired) electrons. The number of hydrogen-bond acceptors (Lipinski definition) is 5. The lowest BCUT2D eigenvalue weighted by atomic mass is 10.1. The predicted molar refractivity (Wildman–Crippen MR) is 82.6 cm³/mol. The molecule has 4 nitrogen and oxygen atoms in total. The molecular weight excluding hydrogens is 286 g/mol. The second kappa shape index (κ2) is 7.78. The average Bonchev–Trinajstić information content (AvgIpc) is 2.98. The number of aromatic nitrogens is 1. The summed E-state index contributed by atoms with van der Waals surface area (Å²) >= 11 is 1.54. The van der Waals surface area contributed by atoms with Crippen LogP contribution in [-0.2, 0) is 11.3 Å². The summed E-state index contributed by atoms with van der Waals surface area (Å²) in [4.78, 5) is 16.0. The molecule has 0 unspecified atom stereocenters. The van der Waals surface area contributed by atoms with Gasteiger partial charge in [-0.15, -0.1) is 11.3 Å². The number of ether oxygens (including phenoxy) is 2. The lowest BCUT2D eigenvalue weighted by molar-refractivity contribution is 0.0488. The van der Waals surface area contributed by atoms with Crippen LogP contribution >= 0.6 is 11.3 Å². The number of thiazole rings is 1. The van der Waals surface area contributed by atoms with Gasteiger partial charge >= 0.3 is 5.97 Å². The lowest BCUT2D eigenvalue weighted by Gasteiger charge is -2.08. The Morgan fingerprint density at radius 3 is 2.67 bits per heavy atom.